The first-order chi connectivity index (χ1) is 10.9. The van der Waals surface area contributed by atoms with Crippen LogP contribution < -0.4 is 15.4 Å². The summed E-state index contributed by atoms with van der Waals surface area (Å²) in [6, 6.07) is 6.17. The molecule has 1 saturated heterocycles. The largest absolute Gasteiger partial charge is 0.375 e. The topological polar surface area (TPSA) is 96.5 Å². The monoisotopic (exact) mass is 341 g/mol. The van der Waals surface area contributed by atoms with E-state index in [2.05, 4.69) is 15.4 Å². The summed E-state index contributed by atoms with van der Waals surface area (Å²) in [6.07, 6.45) is 0.363. The van der Waals surface area contributed by atoms with Crippen molar-refractivity contribution >= 4 is 27.3 Å². The maximum atomic E-state index is 12.2. The number of ether oxygens (including phenoxy) is 1. The molecule has 1 heterocycles. The minimum Gasteiger partial charge on any atom is -0.375 e. The third-order valence-electron chi connectivity index (χ3n) is 3.50. The fourth-order valence-corrected chi connectivity index (χ4v) is 3.50. The molecule has 0 bridgehead atoms. The third kappa shape index (κ3) is 5.19. The Balaban J connectivity index is 1.96. The van der Waals surface area contributed by atoms with Crippen molar-refractivity contribution in [3.05, 3.63) is 24.3 Å². The molecule has 1 aliphatic heterocycles. The molecule has 2 atom stereocenters. The van der Waals surface area contributed by atoms with E-state index >= 15 is 0 Å². The van der Waals surface area contributed by atoms with Gasteiger partial charge in [-0.05, 0) is 37.6 Å². The van der Waals surface area contributed by atoms with Crippen LogP contribution in [-0.2, 0) is 19.6 Å². The Hall–Kier alpha value is -1.64. The number of benzene rings is 1. The molecule has 8 heteroatoms. The van der Waals surface area contributed by atoms with Crippen molar-refractivity contribution in [2.75, 3.05) is 28.9 Å². The lowest BCUT2D eigenvalue weighted by atomic mass is 10.1. The zero-order chi connectivity index (χ0) is 16.9. The van der Waals surface area contributed by atoms with Gasteiger partial charge in [-0.1, -0.05) is 6.92 Å². The maximum Gasteiger partial charge on any atom is 0.244 e. The molecule has 128 valence electrons. The van der Waals surface area contributed by atoms with Crippen molar-refractivity contribution in [3.63, 3.8) is 0 Å². The van der Waals surface area contributed by atoms with Gasteiger partial charge in [0, 0.05) is 17.9 Å². The Morgan fingerprint density at radius 1 is 1.30 bits per heavy atom. The van der Waals surface area contributed by atoms with E-state index in [1.54, 1.807) is 24.3 Å². The predicted octanol–water partition coefficient (Wildman–Crippen LogP) is 1.15. The molecule has 1 amide bonds. The molecule has 0 aliphatic carbocycles. The van der Waals surface area contributed by atoms with Crippen molar-refractivity contribution < 1.29 is 17.9 Å². The summed E-state index contributed by atoms with van der Waals surface area (Å²) in [5, 5.41) is 5.92. The molecule has 1 aromatic rings. The van der Waals surface area contributed by atoms with Crippen LogP contribution in [0.3, 0.4) is 0 Å². The Labute approximate surface area is 136 Å². The van der Waals surface area contributed by atoms with Crippen LogP contribution in [0.25, 0.3) is 0 Å². The lowest BCUT2D eigenvalue weighted by Crippen LogP contribution is -2.53. The van der Waals surface area contributed by atoms with E-state index in [0.717, 1.165) is 0 Å². The highest BCUT2D eigenvalue weighted by molar-refractivity contribution is 7.92. The standard InChI is InChI=1S/C15H23N3O4S/c1-3-10-23(20,21)18-13-6-4-12(5-7-13)17-15(19)14-11(2)22-9-8-16-14/h4-7,11,14,16,18H,3,8-10H2,1-2H3,(H,17,19)/t11-,14+/m1/s1. The van der Waals surface area contributed by atoms with Gasteiger partial charge in [0.25, 0.3) is 0 Å². The molecule has 7 nitrogen and oxygen atoms in total. The van der Waals surface area contributed by atoms with Crippen LogP contribution in [0.2, 0.25) is 0 Å². The zero-order valence-electron chi connectivity index (χ0n) is 13.3. The summed E-state index contributed by atoms with van der Waals surface area (Å²) in [5.74, 6) is -0.0898. The fourth-order valence-electron chi connectivity index (χ4n) is 2.37. The van der Waals surface area contributed by atoms with E-state index in [-0.39, 0.29) is 17.8 Å². The van der Waals surface area contributed by atoms with Crippen LogP contribution in [0.4, 0.5) is 11.4 Å². The second kappa shape index (κ2) is 7.76. The maximum absolute atomic E-state index is 12.2. The Morgan fingerprint density at radius 3 is 2.57 bits per heavy atom. The van der Waals surface area contributed by atoms with Crippen LogP contribution in [0.15, 0.2) is 24.3 Å². The molecule has 1 fully saturated rings. The van der Waals surface area contributed by atoms with Gasteiger partial charge in [0.15, 0.2) is 0 Å². The number of sulfonamides is 1. The van der Waals surface area contributed by atoms with Crippen LogP contribution in [0, 0.1) is 0 Å². The van der Waals surface area contributed by atoms with Crippen LogP contribution in [0.1, 0.15) is 20.3 Å². The second-order valence-corrected chi connectivity index (χ2v) is 7.34. The van der Waals surface area contributed by atoms with E-state index in [0.29, 0.717) is 30.9 Å². The number of nitrogens with one attached hydrogen (secondary N) is 3. The van der Waals surface area contributed by atoms with Crippen molar-refractivity contribution in [2.24, 2.45) is 0 Å². The first kappa shape index (κ1) is 17.7. The molecule has 3 N–H and O–H groups in total. The van der Waals surface area contributed by atoms with Crippen molar-refractivity contribution in [1.82, 2.24) is 5.32 Å². The Morgan fingerprint density at radius 2 is 1.96 bits per heavy atom. The second-order valence-electron chi connectivity index (χ2n) is 5.50. The molecular weight excluding hydrogens is 318 g/mol. The minimum atomic E-state index is -3.31. The molecule has 1 aromatic carbocycles. The number of hydrogen-bond donors (Lipinski definition) is 3. The van der Waals surface area contributed by atoms with Crippen LogP contribution in [0.5, 0.6) is 0 Å². The van der Waals surface area contributed by atoms with E-state index in [1.807, 2.05) is 13.8 Å². The number of morpholine rings is 1. The van der Waals surface area contributed by atoms with Crippen molar-refractivity contribution in [3.8, 4) is 0 Å². The van der Waals surface area contributed by atoms with Crippen LogP contribution in [-0.4, -0.2) is 45.4 Å². The average Bonchev–Trinajstić information content (AvgIpc) is 2.49. The molecule has 0 radical (unpaired) electrons. The van der Waals surface area contributed by atoms with E-state index < -0.39 is 16.1 Å². The summed E-state index contributed by atoms with van der Waals surface area (Å²) in [6.45, 7) is 4.89. The minimum absolute atomic E-state index is 0.0801. The smallest absolute Gasteiger partial charge is 0.244 e. The highest BCUT2D eigenvalue weighted by atomic mass is 32.2. The molecule has 0 unspecified atom stereocenters. The quantitative estimate of drug-likeness (QED) is 0.721. The lowest BCUT2D eigenvalue weighted by Gasteiger charge is -2.29. The molecule has 0 saturated carbocycles. The number of carbonyl (C=O) groups excluding carboxylic acids is 1. The molecule has 2 rings (SSSR count). The van der Waals surface area contributed by atoms with Gasteiger partial charge in [0.05, 0.1) is 18.5 Å². The van der Waals surface area contributed by atoms with E-state index in [4.69, 9.17) is 4.74 Å². The van der Waals surface area contributed by atoms with Crippen molar-refractivity contribution in [2.45, 2.75) is 32.4 Å². The average molecular weight is 341 g/mol. The summed E-state index contributed by atoms with van der Waals surface area (Å²) in [5.41, 5.74) is 1.08. The van der Waals surface area contributed by atoms with Gasteiger partial charge in [-0.25, -0.2) is 8.42 Å². The summed E-state index contributed by atoms with van der Waals surface area (Å²) in [4.78, 5) is 12.2. The highest BCUT2D eigenvalue weighted by Crippen LogP contribution is 2.16. The normalized spacial score (nSPS) is 21.7. The number of carbonyl (C=O) groups is 1. The van der Waals surface area contributed by atoms with E-state index in [9.17, 15) is 13.2 Å². The Bertz CT molecular complexity index is 631. The van der Waals surface area contributed by atoms with Crippen molar-refractivity contribution in [1.29, 1.82) is 0 Å². The summed E-state index contributed by atoms with van der Waals surface area (Å²) in [7, 11) is -3.31. The number of anilines is 2. The molecule has 0 aromatic heterocycles. The molecule has 1 aliphatic rings. The number of amides is 1. The zero-order valence-corrected chi connectivity index (χ0v) is 14.2. The SMILES string of the molecule is CCCS(=O)(=O)Nc1ccc(NC(=O)[C@H]2NCCO[C@@H]2C)cc1. The van der Waals surface area contributed by atoms with Gasteiger partial charge in [0.2, 0.25) is 15.9 Å². The first-order valence-corrected chi connectivity index (χ1v) is 9.33. The van der Waals surface area contributed by atoms with Gasteiger partial charge in [-0.2, -0.15) is 0 Å². The van der Waals surface area contributed by atoms with Gasteiger partial charge in [0.1, 0.15) is 6.04 Å². The molecule has 23 heavy (non-hydrogen) atoms. The van der Waals surface area contributed by atoms with Gasteiger partial charge < -0.3 is 15.4 Å². The summed E-state index contributed by atoms with van der Waals surface area (Å²) >= 11 is 0. The van der Waals surface area contributed by atoms with Gasteiger partial charge >= 0.3 is 0 Å². The van der Waals surface area contributed by atoms with Gasteiger partial charge in [-0.15, -0.1) is 0 Å². The third-order valence-corrected chi connectivity index (χ3v) is 4.99. The lowest BCUT2D eigenvalue weighted by molar-refractivity contribution is -0.123. The summed E-state index contributed by atoms with van der Waals surface area (Å²) < 4.78 is 31.3. The first-order valence-electron chi connectivity index (χ1n) is 7.67. The van der Waals surface area contributed by atoms with Gasteiger partial charge in [-0.3, -0.25) is 9.52 Å². The molecule has 0 spiro atoms. The van der Waals surface area contributed by atoms with Crippen LogP contribution >= 0.6 is 0 Å². The Kier molecular flexibility index (Phi) is 5.97. The number of hydrogen-bond acceptors (Lipinski definition) is 5. The molecular formula is C15H23N3O4S. The predicted molar refractivity (Wildman–Crippen MR) is 90.0 cm³/mol. The van der Waals surface area contributed by atoms with E-state index in [1.165, 1.54) is 0 Å². The number of rotatable bonds is 6. The highest BCUT2D eigenvalue weighted by Gasteiger charge is 2.28. The fraction of sp³-hybridized carbons (Fsp3) is 0.533.